The van der Waals surface area contributed by atoms with Gasteiger partial charge < -0.3 is 10.1 Å². The highest BCUT2D eigenvalue weighted by Gasteiger charge is 2.22. The molecule has 3 nitrogen and oxygen atoms in total. The first kappa shape index (κ1) is 12.0. The van der Waals surface area contributed by atoms with E-state index >= 15 is 0 Å². The van der Waals surface area contributed by atoms with Gasteiger partial charge in [0.25, 0.3) is 0 Å². The van der Waals surface area contributed by atoms with Crippen molar-refractivity contribution in [2.75, 3.05) is 13.2 Å². The van der Waals surface area contributed by atoms with Gasteiger partial charge in [-0.15, -0.1) is 11.3 Å². The Labute approximate surface area is 101 Å². The minimum absolute atomic E-state index is 0.408. The first-order valence-corrected chi connectivity index (χ1v) is 6.87. The van der Waals surface area contributed by atoms with Crippen molar-refractivity contribution in [1.82, 2.24) is 10.3 Å². The molecule has 16 heavy (non-hydrogen) atoms. The van der Waals surface area contributed by atoms with E-state index in [2.05, 4.69) is 24.1 Å². The molecule has 2 unspecified atom stereocenters. The molecule has 1 aliphatic heterocycles. The number of hydrogen-bond donors (Lipinski definition) is 1. The number of ether oxygens (including phenoxy) is 1. The fourth-order valence-corrected chi connectivity index (χ4v) is 2.91. The average molecular weight is 240 g/mol. The van der Waals surface area contributed by atoms with Crippen LogP contribution < -0.4 is 5.32 Å². The van der Waals surface area contributed by atoms with E-state index in [0.717, 1.165) is 19.1 Å². The van der Waals surface area contributed by atoms with Crippen LogP contribution >= 0.6 is 11.3 Å². The Morgan fingerprint density at radius 1 is 1.44 bits per heavy atom. The van der Waals surface area contributed by atoms with Crippen LogP contribution in [0, 0.1) is 5.92 Å². The molecule has 0 bridgehead atoms. The molecule has 4 heteroatoms. The number of hydrogen-bond acceptors (Lipinski definition) is 4. The lowest BCUT2D eigenvalue weighted by molar-refractivity contribution is 0.0547. The van der Waals surface area contributed by atoms with Gasteiger partial charge in [-0.05, 0) is 32.6 Å². The average Bonchev–Trinajstić information content (AvgIpc) is 2.83. The van der Waals surface area contributed by atoms with Gasteiger partial charge in [-0.1, -0.05) is 0 Å². The van der Waals surface area contributed by atoms with Gasteiger partial charge in [-0.3, -0.25) is 4.98 Å². The first-order valence-electron chi connectivity index (χ1n) is 5.99. The molecule has 1 saturated heterocycles. The summed E-state index contributed by atoms with van der Waals surface area (Å²) in [7, 11) is 0. The van der Waals surface area contributed by atoms with Crippen LogP contribution in [-0.4, -0.2) is 24.2 Å². The maximum absolute atomic E-state index is 5.39. The number of rotatable bonds is 4. The molecule has 2 heterocycles. The Morgan fingerprint density at radius 3 is 2.81 bits per heavy atom. The zero-order chi connectivity index (χ0) is 11.4. The number of thiazole rings is 1. The molecule has 2 rings (SSSR count). The summed E-state index contributed by atoms with van der Waals surface area (Å²) < 4.78 is 5.39. The molecule has 90 valence electrons. The molecule has 0 spiro atoms. The zero-order valence-electron chi connectivity index (χ0n) is 9.98. The van der Waals surface area contributed by atoms with Crippen molar-refractivity contribution in [3.8, 4) is 0 Å². The highest BCUT2D eigenvalue weighted by Crippen LogP contribution is 2.22. The predicted molar refractivity (Wildman–Crippen MR) is 66.7 cm³/mol. The number of aromatic nitrogens is 1. The second-order valence-electron chi connectivity index (χ2n) is 4.53. The minimum Gasteiger partial charge on any atom is -0.381 e. The summed E-state index contributed by atoms with van der Waals surface area (Å²) >= 11 is 1.72. The Hall–Kier alpha value is -0.450. The molecule has 0 radical (unpaired) electrons. The van der Waals surface area contributed by atoms with Gasteiger partial charge in [0.05, 0.1) is 5.51 Å². The second-order valence-corrected chi connectivity index (χ2v) is 5.45. The quantitative estimate of drug-likeness (QED) is 0.878. The molecule has 2 atom stereocenters. The monoisotopic (exact) mass is 240 g/mol. The second kappa shape index (κ2) is 5.75. The van der Waals surface area contributed by atoms with E-state index < -0.39 is 0 Å². The molecular weight excluding hydrogens is 220 g/mol. The third kappa shape index (κ3) is 3.03. The largest absolute Gasteiger partial charge is 0.381 e. The van der Waals surface area contributed by atoms with Gasteiger partial charge in [-0.2, -0.15) is 0 Å². The van der Waals surface area contributed by atoms with Crippen molar-refractivity contribution in [2.24, 2.45) is 5.92 Å². The van der Waals surface area contributed by atoms with Crippen LogP contribution in [0.1, 0.15) is 37.6 Å². The van der Waals surface area contributed by atoms with Crippen molar-refractivity contribution < 1.29 is 4.74 Å². The first-order chi connectivity index (χ1) is 7.77. The number of nitrogens with zero attached hydrogens (tertiary/aromatic N) is 1. The summed E-state index contributed by atoms with van der Waals surface area (Å²) in [5.41, 5.74) is 1.90. The summed E-state index contributed by atoms with van der Waals surface area (Å²) in [6, 6.07) is 0.964. The SMILES string of the molecule is CC(NC(C)C1CCOCC1)c1cncs1. The standard InChI is InChI=1S/C12H20N2OS/c1-9(11-3-5-15-6-4-11)14-10(2)12-7-13-8-16-12/h7-11,14H,3-6H2,1-2H3. The molecule has 1 aromatic rings. The van der Waals surface area contributed by atoms with Crippen molar-refractivity contribution in [3.05, 3.63) is 16.6 Å². The van der Waals surface area contributed by atoms with Crippen LogP contribution in [0.3, 0.4) is 0 Å². The maximum Gasteiger partial charge on any atom is 0.0794 e. The van der Waals surface area contributed by atoms with Crippen molar-refractivity contribution in [1.29, 1.82) is 0 Å². The highest BCUT2D eigenvalue weighted by molar-refractivity contribution is 7.09. The lowest BCUT2D eigenvalue weighted by atomic mass is 9.92. The summed E-state index contributed by atoms with van der Waals surface area (Å²) in [6.45, 7) is 6.34. The van der Waals surface area contributed by atoms with E-state index in [1.807, 2.05) is 11.7 Å². The summed E-state index contributed by atoms with van der Waals surface area (Å²) in [4.78, 5) is 5.44. The molecule has 1 aromatic heterocycles. The fraction of sp³-hybridized carbons (Fsp3) is 0.750. The van der Waals surface area contributed by atoms with Crippen LogP contribution in [0.5, 0.6) is 0 Å². The van der Waals surface area contributed by atoms with E-state index in [1.165, 1.54) is 17.7 Å². The van der Waals surface area contributed by atoms with Crippen molar-refractivity contribution in [3.63, 3.8) is 0 Å². The van der Waals surface area contributed by atoms with Crippen LogP contribution in [0.2, 0.25) is 0 Å². The lowest BCUT2D eigenvalue weighted by Gasteiger charge is -2.30. The van der Waals surface area contributed by atoms with E-state index in [0.29, 0.717) is 12.1 Å². The van der Waals surface area contributed by atoms with Gasteiger partial charge in [-0.25, -0.2) is 0 Å². The minimum atomic E-state index is 0.408. The number of nitrogens with one attached hydrogen (secondary N) is 1. The maximum atomic E-state index is 5.39. The third-order valence-corrected chi connectivity index (χ3v) is 4.32. The topological polar surface area (TPSA) is 34.1 Å². The van der Waals surface area contributed by atoms with Gasteiger partial charge >= 0.3 is 0 Å². The highest BCUT2D eigenvalue weighted by atomic mass is 32.1. The van der Waals surface area contributed by atoms with Crippen molar-refractivity contribution in [2.45, 2.75) is 38.8 Å². The van der Waals surface area contributed by atoms with Gasteiger partial charge in [0.1, 0.15) is 0 Å². The van der Waals surface area contributed by atoms with Crippen LogP contribution in [0.25, 0.3) is 0 Å². The molecule has 1 N–H and O–H groups in total. The van der Waals surface area contributed by atoms with E-state index in [4.69, 9.17) is 4.74 Å². The smallest absolute Gasteiger partial charge is 0.0794 e. The zero-order valence-corrected chi connectivity index (χ0v) is 10.8. The van der Waals surface area contributed by atoms with Crippen LogP contribution in [0.15, 0.2) is 11.7 Å². The lowest BCUT2D eigenvalue weighted by Crippen LogP contribution is -2.37. The van der Waals surface area contributed by atoms with E-state index in [9.17, 15) is 0 Å². The van der Waals surface area contributed by atoms with Gasteiger partial charge in [0.2, 0.25) is 0 Å². The molecule has 1 fully saturated rings. The van der Waals surface area contributed by atoms with Crippen LogP contribution in [-0.2, 0) is 4.74 Å². The van der Waals surface area contributed by atoms with Gasteiger partial charge in [0.15, 0.2) is 0 Å². The van der Waals surface area contributed by atoms with Crippen LogP contribution in [0.4, 0.5) is 0 Å². The molecule has 1 aliphatic rings. The van der Waals surface area contributed by atoms with Crippen molar-refractivity contribution >= 4 is 11.3 Å². The molecule has 0 aliphatic carbocycles. The van der Waals surface area contributed by atoms with Gasteiger partial charge in [0, 0.05) is 36.4 Å². The third-order valence-electron chi connectivity index (χ3n) is 3.36. The predicted octanol–water partition coefficient (Wildman–Crippen LogP) is 2.61. The van der Waals surface area contributed by atoms with E-state index in [-0.39, 0.29) is 0 Å². The molecule has 0 amide bonds. The summed E-state index contributed by atoms with van der Waals surface area (Å²) in [6.07, 6.45) is 4.33. The Bertz CT molecular complexity index is 296. The summed E-state index contributed by atoms with van der Waals surface area (Å²) in [5.74, 6) is 0.754. The molecule has 0 aromatic carbocycles. The molecule has 0 saturated carbocycles. The Morgan fingerprint density at radius 2 is 2.19 bits per heavy atom. The fourth-order valence-electron chi connectivity index (χ4n) is 2.27. The normalized spacial score (nSPS) is 21.9. The van der Waals surface area contributed by atoms with E-state index in [1.54, 1.807) is 11.3 Å². The Kier molecular flexibility index (Phi) is 4.32. The summed E-state index contributed by atoms with van der Waals surface area (Å²) in [5, 5.41) is 3.67. The molecular formula is C12H20N2OS. The Balaban J connectivity index is 1.84.